The number of aromatic nitrogens is 2. The number of thiophene rings is 2. The van der Waals surface area contributed by atoms with Crippen molar-refractivity contribution in [1.29, 1.82) is 0 Å². The van der Waals surface area contributed by atoms with Crippen LogP contribution in [0.4, 0.5) is 0 Å². The molecule has 6 nitrogen and oxygen atoms in total. The van der Waals surface area contributed by atoms with Crippen LogP contribution in [0.1, 0.15) is 28.5 Å². The van der Waals surface area contributed by atoms with Gasteiger partial charge in [0.05, 0.1) is 11.6 Å². The topological polar surface area (TPSA) is 73.1 Å². The van der Waals surface area contributed by atoms with Crippen molar-refractivity contribution >= 4 is 38.8 Å². The Labute approximate surface area is 186 Å². The summed E-state index contributed by atoms with van der Waals surface area (Å²) in [7, 11) is 0. The molecule has 0 fully saturated rings. The SMILES string of the molecule is O=C(Cn1c(=O)n(CCc2cccs2)c(=O)c2sccc21)N[C@@H]1CCc2ccccc21. The standard InChI is InChI=1S/C23H21N3O3S2/c27-20(24-18-8-7-15-4-1-2-6-17(15)18)14-26-19-10-13-31-21(19)22(28)25(23(26)29)11-9-16-5-3-12-30-16/h1-6,10,12-13,18H,7-9,11,14H2,(H,24,27)/t18-/m1/s1. The van der Waals surface area contributed by atoms with Crippen LogP contribution in [0.25, 0.3) is 10.2 Å². The minimum absolute atomic E-state index is 0.0397. The minimum atomic E-state index is -0.436. The van der Waals surface area contributed by atoms with Gasteiger partial charge in [-0.2, -0.15) is 0 Å². The monoisotopic (exact) mass is 451 g/mol. The number of hydrogen-bond donors (Lipinski definition) is 1. The maximum absolute atomic E-state index is 13.2. The average Bonchev–Trinajstić information content (AvgIpc) is 3.52. The molecule has 0 bridgehead atoms. The van der Waals surface area contributed by atoms with E-state index in [2.05, 4.69) is 11.4 Å². The molecule has 4 aromatic rings. The van der Waals surface area contributed by atoms with Crippen LogP contribution in [-0.2, 0) is 30.7 Å². The van der Waals surface area contributed by atoms with Crippen LogP contribution < -0.4 is 16.6 Å². The fourth-order valence-electron chi connectivity index (χ4n) is 4.25. The Hall–Kier alpha value is -2.97. The third-order valence-corrected chi connectivity index (χ3v) is 7.60. The Kier molecular flexibility index (Phi) is 5.33. The number of nitrogens with one attached hydrogen (secondary N) is 1. The molecule has 0 aliphatic heterocycles. The van der Waals surface area contributed by atoms with Crippen LogP contribution in [0.15, 0.2) is 62.8 Å². The third-order valence-electron chi connectivity index (χ3n) is 5.77. The van der Waals surface area contributed by atoms with E-state index in [1.54, 1.807) is 22.8 Å². The van der Waals surface area contributed by atoms with Gasteiger partial charge < -0.3 is 5.32 Å². The maximum atomic E-state index is 13.2. The Morgan fingerprint density at radius 1 is 1.03 bits per heavy atom. The number of rotatable bonds is 6. The third kappa shape index (κ3) is 3.77. The zero-order chi connectivity index (χ0) is 21.4. The molecular formula is C23H21N3O3S2. The van der Waals surface area contributed by atoms with Gasteiger partial charge in [0.1, 0.15) is 11.2 Å². The van der Waals surface area contributed by atoms with Gasteiger partial charge in [-0.15, -0.1) is 22.7 Å². The molecular weight excluding hydrogens is 430 g/mol. The largest absolute Gasteiger partial charge is 0.348 e. The first kappa shape index (κ1) is 20.0. The lowest BCUT2D eigenvalue weighted by atomic mass is 10.1. The summed E-state index contributed by atoms with van der Waals surface area (Å²) in [6.07, 6.45) is 2.40. The molecule has 0 saturated heterocycles. The minimum Gasteiger partial charge on any atom is -0.348 e. The number of nitrogens with zero attached hydrogens (tertiary/aromatic N) is 2. The van der Waals surface area contributed by atoms with E-state index in [9.17, 15) is 14.4 Å². The second-order valence-corrected chi connectivity index (χ2v) is 9.60. The van der Waals surface area contributed by atoms with Gasteiger partial charge in [-0.1, -0.05) is 30.3 Å². The molecule has 0 unspecified atom stereocenters. The van der Waals surface area contributed by atoms with Gasteiger partial charge >= 0.3 is 5.69 Å². The number of hydrogen-bond acceptors (Lipinski definition) is 5. The summed E-state index contributed by atoms with van der Waals surface area (Å²) < 4.78 is 3.19. The molecule has 3 heterocycles. The van der Waals surface area contributed by atoms with Crippen molar-refractivity contribution in [2.45, 2.75) is 38.4 Å². The van der Waals surface area contributed by atoms with Gasteiger partial charge in [0, 0.05) is 11.4 Å². The summed E-state index contributed by atoms with van der Waals surface area (Å²) in [5, 5.41) is 6.84. The number of benzene rings is 1. The second-order valence-electron chi connectivity index (χ2n) is 7.65. The lowest BCUT2D eigenvalue weighted by Gasteiger charge is -2.16. The van der Waals surface area contributed by atoms with Gasteiger partial charge in [0.25, 0.3) is 5.56 Å². The van der Waals surface area contributed by atoms with Gasteiger partial charge in [-0.3, -0.25) is 18.7 Å². The summed E-state index contributed by atoms with van der Waals surface area (Å²) >= 11 is 2.90. The first-order valence-electron chi connectivity index (χ1n) is 10.2. The summed E-state index contributed by atoms with van der Waals surface area (Å²) in [6, 6.07) is 13.8. The first-order valence-corrected chi connectivity index (χ1v) is 12.0. The van der Waals surface area contributed by atoms with Crippen LogP contribution in [0.3, 0.4) is 0 Å². The van der Waals surface area contributed by atoms with Crippen molar-refractivity contribution in [2.75, 3.05) is 0 Å². The zero-order valence-electron chi connectivity index (χ0n) is 16.7. The summed E-state index contributed by atoms with van der Waals surface area (Å²) in [5.74, 6) is -0.222. The number of carbonyl (C=O) groups excluding carboxylic acids is 1. The first-order chi connectivity index (χ1) is 15.1. The van der Waals surface area contributed by atoms with Crippen molar-refractivity contribution in [3.63, 3.8) is 0 Å². The number of aryl methyl sites for hydroxylation is 2. The van der Waals surface area contributed by atoms with E-state index >= 15 is 0 Å². The fourth-order valence-corrected chi connectivity index (χ4v) is 5.79. The molecule has 3 aromatic heterocycles. The van der Waals surface area contributed by atoms with Crippen LogP contribution in [-0.4, -0.2) is 15.0 Å². The molecule has 1 aliphatic rings. The van der Waals surface area contributed by atoms with Crippen molar-refractivity contribution in [3.8, 4) is 0 Å². The zero-order valence-corrected chi connectivity index (χ0v) is 18.4. The molecule has 0 radical (unpaired) electrons. The van der Waals surface area contributed by atoms with E-state index < -0.39 is 5.69 Å². The molecule has 1 aromatic carbocycles. The Morgan fingerprint density at radius 2 is 1.90 bits per heavy atom. The van der Waals surface area contributed by atoms with E-state index in [0.29, 0.717) is 23.2 Å². The van der Waals surface area contributed by atoms with Crippen molar-refractivity contribution < 1.29 is 4.79 Å². The molecule has 1 aliphatic carbocycles. The summed E-state index contributed by atoms with van der Waals surface area (Å²) in [6.45, 7) is 0.188. The number of amides is 1. The van der Waals surface area contributed by atoms with E-state index in [0.717, 1.165) is 23.3 Å². The molecule has 158 valence electrons. The van der Waals surface area contributed by atoms with Crippen molar-refractivity contribution in [1.82, 2.24) is 14.5 Å². The highest BCUT2D eigenvalue weighted by Gasteiger charge is 2.24. The van der Waals surface area contributed by atoms with Gasteiger partial charge in [0.15, 0.2) is 0 Å². The molecule has 31 heavy (non-hydrogen) atoms. The van der Waals surface area contributed by atoms with Crippen LogP contribution >= 0.6 is 22.7 Å². The average molecular weight is 452 g/mol. The van der Waals surface area contributed by atoms with Crippen LogP contribution in [0.2, 0.25) is 0 Å². The Balaban J connectivity index is 1.42. The smallest absolute Gasteiger partial charge is 0.332 e. The molecule has 0 saturated carbocycles. The predicted octanol–water partition coefficient (Wildman–Crippen LogP) is 3.33. The normalized spacial score (nSPS) is 15.3. The van der Waals surface area contributed by atoms with Crippen molar-refractivity contribution in [3.05, 3.63) is 90.1 Å². The number of carbonyl (C=O) groups is 1. The Morgan fingerprint density at radius 3 is 2.74 bits per heavy atom. The maximum Gasteiger partial charge on any atom is 0.332 e. The Bertz CT molecular complexity index is 1360. The van der Waals surface area contributed by atoms with E-state index in [1.165, 1.54) is 26.0 Å². The predicted molar refractivity (Wildman–Crippen MR) is 124 cm³/mol. The van der Waals surface area contributed by atoms with Gasteiger partial charge in [-0.05, 0) is 53.3 Å². The molecule has 5 rings (SSSR count). The highest BCUT2D eigenvalue weighted by molar-refractivity contribution is 7.17. The molecule has 1 N–H and O–H groups in total. The summed E-state index contributed by atoms with van der Waals surface area (Å²) in [4.78, 5) is 40.1. The molecule has 0 spiro atoms. The quantitative estimate of drug-likeness (QED) is 0.489. The molecule has 1 amide bonds. The summed E-state index contributed by atoms with van der Waals surface area (Å²) in [5.41, 5.74) is 2.20. The highest BCUT2D eigenvalue weighted by Crippen LogP contribution is 2.30. The van der Waals surface area contributed by atoms with Crippen LogP contribution in [0, 0.1) is 0 Å². The molecule has 1 atom stereocenters. The van der Waals surface area contributed by atoms with E-state index in [1.807, 2.05) is 35.7 Å². The lowest BCUT2D eigenvalue weighted by Crippen LogP contribution is -2.42. The van der Waals surface area contributed by atoms with E-state index in [-0.39, 0.29) is 24.1 Å². The lowest BCUT2D eigenvalue weighted by molar-refractivity contribution is -0.122. The van der Waals surface area contributed by atoms with Crippen LogP contribution in [0.5, 0.6) is 0 Å². The van der Waals surface area contributed by atoms with Gasteiger partial charge in [0.2, 0.25) is 5.91 Å². The molecule has 8 heteroatoms. The van der Waals surface area contributed by atoms with Gasteiger partial charge in [-0.25, -0.2) is 4.79 Å². The fraction of sp³-hybridized carbons (Fsp3) is 0.261. The highest BCUT2D eigenvalue weighted by atomic mass is 32.1. The number of fused-ring (bicyclic) bond motifs is 2. The van der Waals surface area contributed by atoms with Crippen molar-refractivity contribution in [2.24, 2.45) is 0 Å². The van der Waals surface area contributed by atoms with E-state index in [4.69, 9.17) is 0 Å². The second kappa shape index (κ2) is 8.28.